The number of hydrogen-bond donors (Lipinski definition) is 3. The van der Waals surface area contributed by atoms with E-state index in [0.29, 0.717) is 11.1 Å². The topological polar surface area (TPSA) is 164 Å². The fraction of sp³-hybridized carbons (Fsp3) is 0.212. The van der Waals surface area contributed by atoms with Crippen LogP contribution in [0.3, 0.4) is 0 Å². The second kappa shape index (κ2) is 13.8. The van der Waals surface area contributed by atoms with E-state index in [1.165, 1.54) is 23.7 Å². The van der Waals surface area contributed by atoms with Crippen molar-refractivity contribution in [1.29, 1.82) is 0 Å². The second-order valence-electron chi connectivity index (χ2n) is 10.8. The maximum atomic E-state index is 14.0. The fourth-order valence-electron chi connectivity index (χ4n) is 5.43. The van der Waals surface area contributed by atoms with E-state index in [1.54, 1.807) is 24.3 Å². The highest BCUT2D eigenvalue weighted by molar-refractivity contribution is 8.01. The number of aromatic nitrogens is 3. The Bertz CT molecular complexity index is 1910. The Balaban J connectivity index is 1.23. The van der Waals surface area contributed by atoms with Gasteiger partial charge < -0.3 is 15.2 Å². The minimum absolute atomic E-state index is 0.110. The van der Waals surface area contributed by atoms with Crippen molar-refractivity contribution < 1.29 is 24.2 Å². The van der Waals surface area contributed by atoms with Crippen LogP contribution in [0.5, 0.6) is 0 Å². The number of carboxylic acids is 1. The molecule has 3 N–H and O–H groups in total. The number of carbonyl (C=O) groups excluding carboxylic acids is 2. The molecule has 2 unspecified atom stereocenters. The summed E-state index contributed by atoms with van der Waals surface area (Å²) in [6, 6.07) is 27.1. The Morgan fingerprint density at radius 1 is 0.979 bits per heavy atom. The zero-order valence-electron chi connectivity index (χ0n) is 24.9. The summed E-state index contributed by atoms with van der Waals surface area (Å²) in [5, 5.41) is 18.5. The molecule has 14 heteroatoms. The smallest absolute Gasteiger partial charge is 0.352 e. The van der Waals surface area contributed by atoms with Crippen LogP contribution >= 0.6 is 23.5 Å². The lowest BCUT2D eigenvalue weighted by atomic mass is 9.99. The van der Waals surface area contributed by atoms with Crippen LogP contribution in [0.2, 0.25) is 0 Å². The maximum Gasteiger partial charge on any atom is 0.352 e. The average Bonchev–Trinajstić information content (AvgIpc) is 3.10. The maximum absolute atomic E-state index is 14.0. The number of β-lactam (4-membered cyclic amide) rings is 1. The van der Waals surface area contributed by atoms with Crippen LogP contribution < -0.4 is 16.4 Å². The van der Waals surface area contributed by atoms with Gasteiger partial charge in [-0.3, -0.25) is 28.6 Å². The van der Waals surface area contributed by atoms with Gasteiger partial charge in [-0.25, -0.2) is 9.89 Å². The quantitative estimate of drug-likeness (QED) is 0.123. The molecule has 0 aliphatic carbocycles. The number of carbonyl (C=O) groups is 3. The molecule has 240 valence electrons. The molecule has 2 amide bonds. The number of amides is 2. The number of benzene rings is 3. The molecule has 0 bridgehead atoms. The van der Waals surface area contributed by atoms with Crippen LogP contribution in [-0.4, -0.2) is 65.5 Å². The molecular weight excluding hydrogens is 643 g/mol. The lowest BCUT2D eigenvalue weighted by molar-refractivity contribution is -0.153. The Hall–Kier alpha value is -4.92. The van der Waals surface area contributed by atoms with Gasteiger partial charge in [0.2, 0.25) is 0 Å². The van der Waals surface area contributed by atoms with Crippen molar-refractivity contribution in [3.8, 4) is 0 Å². The van der Waals surface area contributed by atoms with Gasteiger partial charge in [-0.15, -0.1) is 16.9 Å². The van der Waals surface area contributed by atoms with E-state index in [-0.39, 0.29) is 22.4 Å². The molecule has 47 heavy (non-hydrogen) atoms. The van der Waals surface area contributed by atoms with Crippen LogP contribution in [-0.2, 0) is 26.2 Å². The zero-order chi connectivity index (χ0) is 33.1. The summed E-state index contributed by atoms with van der Waals surface area (Å²) < 4.78 is 7.66. The third-order valence-corrected chi connectivity index (χ3v) is 10.2. The predicted molar refractivity (Wildman–Crippen MR) is 176 cm³/mol. The van der Waals surface area contributed by atoms with E-state index >= 15 is 0 Å². The number of carboxylic acid groups (broad SMARTS) is 1. The fourth-order valence-corrected chi connectivity index (χ4v) is 7.83. The SMILES string of the molecule is Cn1c(SCC2=C(C(=O)O)N3C(=O)C(NC(=O)C(OC(c4ccccc4)c4ccccc4)c4ccccc4)[C@@H]3SC2)n[nH]c(=O)c1=O. The van der Waals surface area contributed by atoms with Crippen molar-refractivity contribution in [3.05, 3.63) is 140 Å². The van der Waals surface area contributed by atoms with Crippen LogP contribution in [0.1, 0.15) is 28.9 Å². The van der Waals surface area contributed by atoms with Gasteiger partial charge in [-0.1, -0.05) is 103 Å². The van der Waals surface area contributed by atoms with Crippen LogP contribution in [0.4, 0.5) is 0 Å². The van der Waals surface area contributed by atoms with E-state index in [0.717, 1.165) is 27.5 Å². The van der Waals surface area contributed by atoms with Gasteiger partial charge in [0.05, 0.1) is 0 Å². The molecule has 3 atom stereocenters. The highest BCUT2D eigenvalue weighted by Crippen LogP contribution is 2.42. The van der Waals surface area contributed by atoms with Gasteiger partial charge in [0.1, 0.15) is 23.2 Å². The first kappa shape index (κ1) is 32.0. The molecule has 6 rings (SSSR count). The normalized spacial score (nSPS) is 18.0. The predicted octanol–water partition coefficient (Wildman–Crippen LogP) is 2.85. The molecular formula is C33H29N5O7S2. The van der Waals surface area contributed by atoms with Crippen LogP contribution in [0.25, 0.3) is 0 Å². The van der Waals surface area contributed by atoms with Crippen molar-refractivity contribution in [1.82, 2.24) is 25.0 Å². The van der Waals surface area contributed by atoms with Crippen molar-refractivity contribution in [2.45, 2.75) is 28.8 Å². The number of ether oxygens (including phenoxy) is 1. The molecule has 1 saturated heterocycles. The first-order chi connectivity index (χ1) is 22.7. The zero-order valence-corrected chi connectivity index (χ0v) is 26.6. The summed E-state index contributed by atoms with van der Waals surface area (Å²) in [6.45, 7) is 0. The molecule has 0 saturated carbocycles. The second-order valence-corrected chi connectivity index (χ2v) is 12.8. The van der Waals surface area contributed by atoms with E-state index in [4.69, 9.17) is 4.74 Å². The molecule has 3 heterocycles. The summed E-state index contributed by atoms with van der Waals surface area (Å²) in [4.78, 5) is 64.6. The number of nitrogens with one attached hydrogen (secondary N) is 2. The summed E-state index contributed by atoms with van der Waals surface area (Å²) in [7, 11) is 1.39. The summed E-state index contributed by atoms with van der Waals surface area (Å²) in [6.07, 6.45) is -1.68. The number of thioether (sulfide) groups is 2. The molecule has 1 fully saturated rings. The van der Waals surface area contributed by atoms with Gasteiger partial charge in [0, 0.05) is 18.6 Å². The number of hydrogen-bond acceptors (Lipinski definition) is 9. The minimum Gasteiger partial charge on any atom is -0.477 e. The largest absolute Gasteiger partial charge is 0.477 e. The van der Waals surface area contributed by atoms with E-state index in [9.17, 15) is 29.1 Å². The summed E-state index contributed by atoms with van der Waals surface area (Å²) in [5.41, 5.74) is 0.906. The first-order valence-corrected chi connectivity index (χ1v) is 16.6. The number of rotatable bonds is 11. The van der Waals surface area contributed by atoms with Crippen molar-refractivity contribution >= 4 is 41.3 Å². The third kappa shape index (κ3) is 6.52. The monoisotopic (exact) mass is 671 g/mol. The molecule has 4 aromatic rings. The van der Waals surface area contributed by atoms with Crippen molar-refractivity contribution in [2.24, 2.45) is 7.05 Å². The van der Waals surface area contributed by atoms with Gasteiger partial charge in [0.15, 0.2) is 11.3 Å². The number of nitrogens with zero attached hydrogens (tertiary/aromatic N) is 3. The number of aromatic amines is 1. The Morgan fingerprint density at radius 2 is 1.55 bits per heavy atom. The summed E-state index contributed by atoms with van der Waals surface area (Å²) >= 11 is 2.39. The Morgan fingerprint density at radius 3 is 2.13 bits per heavy atom. The van der Waals surface area contributed by atoms with Gasteiger partial charge >= 0.3 is 17.1 Å². The first-order valence-electron chi connectivity index (χ1n) is 14.5. The molecule has 0 radical (unpaired) electrons. The standard InChI is InChI=1S/C33H29N5O7S2/c1-37-30(42)28(40)35-36-33(37)47-18-22-17-46-31-23(29(41)38(31)24(22)32(43)44)34-27(39)26(21-15-9-4-10-16-21)45-25(19-11-5-2-6-12-19)20-13-7-3-8-14-20/h2-16,23,25-26,31H,17-18H2,1H3,(H,34,39)(H,35,40)(H,43,44)/t23?,26?,31-/m0/s1. The summed E-state index contributed by atoms with van der Waals surface area (Å²) in [5.74, 6) is -2.00. The minimum atomic E-state index is -1.29. The number of fused-ring (bicyclic) bond motifs is 1. The van der Waals surface area contributed by atoms with Crippen molar-refractivity contribution in [2.75, 3.05) is 11.5 Å². The lowest BCUT2D eigenvalue weighted by Gasteiger charge is -2.49. The van der Waals surface area contributed by atoms with Crippen molar-refractivity contribution in [3.63, 3.8) is 0 Å². The van der Waals surface area contributed by atoms with E-state index in [1.807, 2.05) is 66.7 Å². The molecule has 12 nitrogen and oxygen atoms in total. The molecule has 2 aliphatic heterocycles. The average molecular weight is 672 g/mol. The van der Waals surface area contributed by atoms with E-state index < -0.39 is 52.5 Å². The molecule has 1 aromatic heterocycles. The van der Waals surface area contributed by atoms with Gasteiger partial charge in [-0.2, -0.15) is 0 Å². The van der Waals surface area contributed by atoms with E-state index in [2.05, 4.69) is 15.5 Å². The number of H-pyrrole nitrogens is 1. The molecule has 0 spiro atoms. The molecule has 2 aliphatic rings. The van der Waals surface area contributed by atoms with Gasteiger partial charge in [0.25, 0.3) is 11.8 Å². The lowest BCUT2D eigenvalue weighted by Crippen LogP contribution is -2.71. The molecule has 3 aromatic carbocycles. The van der Waals surface area contributed by atoms with Crippen LogP contribution in [0, 0.1) is 0 Å². The van der Waals surface area contributed by atoms with Gasteiger partial charge in [-0.05, 0) is 22.3 Å². The Labute approximate surface area is 276 Å². The highest BCUT2D eigenvalue weighted by Gasteiger charge is 2.54. The highest BCUT2D eigenvalue weighted by atomic mass is 32.2. The Kier molecular flexibility index (Phi) is 9.43. The van der Waals surface area contributed by atoms with Crippen LogP contribution in [0.15, 0.2) is 117 Å². The third-order valence-electron chi connectivity index (χ3n) is 7.78. The number of aliphatic carboxylic acids is 1.